The van der Waals surface area contributed by atoms with Gasteiger partial charge in [0.25, 0.3) is 0 Å². The molecule has 0 N–H and O–H groups in total. The number of aromatic nitrogens is 2. The third-order valence-electron chi connectivity index (χ3n) is 3.14. The minimum absolute atomic E-state index is 0.00684. The van der Waals surface area contributed by atoms with Gasteiger partial charge in [-0.05, 0) is 37.1 Å². The summed E-state index contributed by atoms with van der Waals surface area (Å²) < 4.78 is 18.2. The summed E-state index contributed by atoms with van der Waals surface area (Å²) in [5, 5.41) is 12.6. The van der Waals surface area contributed by atoms with E-state index in [0.29, 0.717) is 11.7 Å². The van der Waals surface area contributed by atoms with Crippen molar-refractivity contribution < 1.29 is 8.91 Å². The lowest BCUT2D eigenvalue weighted by Gasteiger charge is -1.99. The third-order valence-corrected chi connectivity index (χ3v) is 3.14. The summed E-state index contributed by atoms with van der Waals surface area (Å²) in [4.78, 5) is 4.28. The molecule has 1 aliphatic carbocycles. The largest absolute Gasteiger partial charge is 0.339 e. The highest BCUT2D eigenvalue weighted by Crippen LogP contribution is 2.46. The van der Waals surface area contributed by atoms with Gasteiger partial charge in [-0.25, -0.2) is 4.39 Å². The Hall–Kier alpha value is -2.22. The second-order valence-corrected chi connectivity index (χ2v) is 4.49. The highest BCUT2D eigenvalue weighted by Gasteiger charge is 2.43. The number of rotatable bonds is 2. The van der Waals surface area contributed by atoms with Crippen LogP contribution in [-0.2, 0) is 0 Å². The predicted octanol–water partition coefficient (Wildman–Crippen LogP) is 2.81. The number of hydrogen-bond donors (Lipinski definition) is 0. The number of aryl methyl sites for hydroxylation is 1. The molecule has 0 spiro atoms. The standard InChI is InChI=1S/C13H10FN3O/c1-7-4-9(14)2-3-10(7)12-16-13(18-17-12)11-5-8(11)6-15/h2-4,8,11H,5H2,1H3. The number of halogens is 1. The molecule has 1 aromatic carbocycles. The molecule has 5 heteroatoms. The molecular weight excluding hydrogens is 233 g/mol. The summed E-state index contributed by atoms with van der Waals surface area (Å²) in [6, 6.07) is 6.61. The van der Waals surface area contributed by atoms with Gasteiger partial charge in [0, 0.05) is 5.56 Å². The van der Waals surface area contributed by atoms with E-state index in [1.807, 2.05) is 0 Å². The molecule has 0 aliphatic heterocycles. The van der Waals surface area contributed by atoms with Crippen molar-refractivity contribution >= 4 is 0 Å². The van der Waals surface area contributed by atoms with E-state index in [-0.39, 0.29) is 17.7 Å². The summed E-state index contributed by atoms with van der Waals surface area (Å²) >= 11 is 0. The number of nitrogens with zero attached hydrogens (tertiary/aromatic N) is 3. The van der Waals surface area contributed by atoms with Crippen LogP contribution < -0.4 is 0 Å². The van der Waals surface area contributed by atoms with Crippen LogP contribution in [0.4, 0.5) is 4.39 Å². The first-order valence-electron chi connectivity index (χ1n) is 5.69. The highest BCUT2D eigenvalue weighted by molar-refractivity contribution is 5.59. The fourth-order valence-electron chi connectivity index (χ4n) is 1.98. The molecule has 1 fully saturated rings. The Labute approximate surface area is 103 Å². The van der Waals surface area contributed by atoms with Crippen LogP contribution in [0, 0.1) is 30.0 Å². The molecule has 1 aromatic heterocycles. The topological polar surface area (TPSA) is 62.7 Å². The molecule has 2 unspecified atom stereocenters. The zero-order chi connectivity index (χ0) is 12.7. The molecule has 90 valence electrons. The Bertz CT molecular complexity index is 644. The van der Waals surface area contributed by atoms with Crippen molar-refractivity contribution in [1.82, 2.24) is 10.1 Å². The summed E-state index contributed by atoms with van der Waals surface area (Å²) in [6.07, 6.45) is 0.778. The fraction of sp³-hybridized carbons (Fsp3) is 0.308. The summed E-state index contributed by atoms with van der Waals surface area (Å²) in [6.45, 7) is 1.80. The Morgan fingerprint density at radius 2 is 2.33 bits per heavy atom. The second-order valence-electron chi connectivity index (χ2n) is 4.49. The molecular formula is C13H10FN3O. The van der Waals surface area contributed by atoms with Crippen molar-refractivity contribution in [2.45, 2.75) is 19.3 Å². The first-order valence-corrected chi connectivity index (χ1v) is 5.69. The highest BCUT2D eigenvalue weighted by atomic mass is 19.1. The maximum absolute atomic E-state index is 13.0. The van der Waals surface area contributed by atoms with E-state index in [4.69, 9.17) is 9.78 Å². The van der Waals surface area contributed by atoms with Crippen LogP contribution in [0.15, 0.2) is 22.7 Å². The zero-order valence-corrected chi connectivity index (χ0v) is 9.72. The molecule has 0 bridgehead atoms. The third kappa shape index (κ3) is 1.76. The molecule has 0 radical (unpaired) electrons. The lowest BCUT2D eigenvalue weighted by molar-refractivity contribution is 0.378. The molecule has 4 nitrogen and oxygen atoms in total. The SMILES string of the molecule is Cc1cc(F)ccc1-c1noc(C2CC2C#N)n1. The predicted molar refractivity (Wildman–Crippen MR) is 60.9 cm³/mol. The van der Waals surface area contributed by atoms with Crippen LogP contribution in [0.3, 0.4) is 0 Å². The van der Waals surface area contributed by atoms with Crippen LogP contribution >= 0.6 is 0 Å². The van der Waals surface area contributed by atoms with Crippen molar-refractivity contribution in [2.24, 2.45) is 5.92 Å². The van der Waals surface area contributed by atoms with Crippen LogP contribution in [-0.4, -0.2) is 10.1 Å². The van der Waals surface area contributed by atoms with Crippen molar-refractivity contribution in [1.29, 1.82) is 5.26 Å². The maximum Gasteiger partial charge on any atom is 0.231 e. The van der Waals surface area contributed by atoms with Gasteiger partial charge in [-0.15, -0.1) is 0 Å². The zero-order valence-electron chi connectivity index (χ0n) is 9.72. The smallest absolute Gasteiger partial charge is 0.231 e. The summed E-state index contributed by atoms with van der Waals surface area (Å²) in [7, 11) is 0. The van der Waals surface area contributed by atoms with E-state index in [0.717, 1.165) is 17.5 Å². The number of nitriles is 1. The summed E-state index contributed by atoms with van der Waals surface area (Å²) in [5.41, 5.74) is 1.51. The lowest BCUT2D eigenvalue weighted by Crippen LogP contribution is -1.88. The molecule has 0 amide bonds. The fourth-order valence-corrected chi connectivity index (χ4v) is 1.98. The van der Waals surface area contributed by atoms with E-state index < -0.39 is 0 Å². The lowest BCUT2D eigenvalue weighted by atomic mass is 10.1. The van der Waals surface area contributed by atoms with E-state index >= 15 is 0 Å². The van der Waals surface area contributed by atoms with Gasteiger partial charge >= 0.3 is 0 Å². The van der Waals surface area contributed by atoms with Gasteiger partial charge in [0.15, 0.2) is 0 Å². The van der Waals surface area contributed by atoms with E-state index in [2.05, 4.69) is 16.2 Å². The Morgan fingerprint density at radius 3 is 3.00 bits per heavy atom. The first-order chi connectivity index (χ1) is 8.69. The minimum atomic E-state index is -0.285. The number of hydrogen-bond acceptors (Lipinski definition) is 4. The van der Waals surface area contributed by atoms with Crippen molar-refractivity contribution in [3.63, 3.8) is 0 Å². The first kappa shape index (κ1) is 10.9. The molecule has 0 saturated heterocycles. The normalized spacial score (nSPS) is 21.6. The quantitative estimate of drug-likeness (QED) is 0.813. The maximum atomic E-state index is 13.0. The Kier molecular flexibility index (Phi) is 2.37. The molecule has 1 saturated carbocycles. The van der Waals surface area contributed by atoms with Crippen molar-refractivity contribution in [3.8, 4) is 17.5 Å². The molecule has 1 heterocycles. The van der Waals surface area contributed by atoms with Gasteiger partial charge in [-0.2, -0.15) is 10.2 Å². The van der Waals surface area contributed by atoms with Crippen LogP contribution in [0.25, 0.3) is 11.4 Å². The van der Waals surface area contributed by atoms with Gasteiger partial charge < -0.3 is 4.52 Å². The molecule has 2 atom stereocenters. The average Bonchev–Trinajstić information content (AvgIpc) is 2.99. The van der Waals surface area contributed by atoms with Crippen molar-refractivity contribution in [3.05, 3.63) is 35.5 Å². The second kappa shape index (κ2) is 3.91. The van der Waals surface area contributed by atoms with Gasteiger partial charge in [0.1, 0.15) is 5.82 Å². The Morgan fingerprint density at radius 1 is 1.50 bits per heavy atom. The average molecular weight is 243 g/mol. The molecule has 1 aliphatic rings. The van der Waals surface area contributed by atoms with Crippen LogP contribution in [0.1, 0.15) is 23.8 Å². The van der Waals surface area contributed by atoms with Gasteiger partial charge in [-0.3, -0.25) is 0 Å². The summed E-state index contributed by atoms with van der Waals surface area (Å²) in [5.74, 6) is 0.725. The molecule has 18 heavy (non-hydrogen) atoms. The Balaban J connectivity index is 1.92. The van der Waals surface area contributed by atoms with Gasteiger partial charge in [0.2, 0.25) is 11.7 Å². The van der Waals surface area contributed by atoms with E-state index in [9.17, 15) is 4.39 Å². The minimum Gasteiger partial charge on any atom is -0.339 e. The van der Waals surface area contributed by atoms with E-state index in [1.165, 1.54) is 12.1 Å². The molecule has 2 aromatic rings. The van der Waals surface area contributed by atoms with Crippen LogP contribution in [0.5, 0.6) is 0 Å². The van der Waals surface area contributed by atoms with Gasteiger partial charge in [-0.1, -0.05) is 5.16 Å². The van der Waals surface area contributed by atoms with Crippen LogP contribution in [0.2, 0.25) is 0 Å². The number of benzene rings is 1. The van der Waals surface area contributed by atoms with Gasteiger partial charge in [0.05, 0.1) is 17.9 Å². The monoisotopic (exact) mass is 243 g/mol. The molecule has 3 rings (SSSR count). The van der Waals surface area contributed by atoms with E-state index in [1.54, 1.807) is 13.0 Å². The van der Waals surface area contributed by atoms with Crippen molar-refractivity contribution in [2.75, 3.05) is 0 Å².